The standard InChI is InChI=1S/C23H21ClN4O2S/c1-16-20(12-14-30-16)22-26-27-23(28(22)19-5-3-2-4-6-19)31-15-21(29)25-13-11-17-7-9-18(24)10-8-17/h2-10,12,14H,11,13,15H2,1H3,(H,25,29). The number of thioether (sulfide) groups is 1. The summed E-state index contributed by atoms with van der Waals surface area (Å²) in [6.45, 7) is 2.45. The monoisotopic (exact) mass is 452 g/mol. The maximum absolute atomic E-state index is 12.4. The van der Waals surface area contributed by atoms with Gasteiger partial charge in [-0.2, -0.15) is 0 Å². The number of nitrogens with one attached hydrogen (secondary N) is 1. The Hall–Kier alpha value is -3.03. The van der Waals surface area contributed by atoms with Crippen molar-refractivity contribution in [3.8, 4) is 17.1 Å². The Balaban J connectivity index is 1.43. The Labute approximate surface area is 189 Å². The second-order valence-electron chi connectivity index (χ2n) is 6.88. The summed E-state index contributed by atoms with van der Waals surface area (Å²) >= 11 is 7.26. The molecule has 0 radical (unpaired) electrons. The van der Waals surface area contributed by atoms with Crippen LogP contribution in [0, 0.1) is 6.92 Å². The van der Waals surface area contributed by atoms with Gasteiger partial charge in [-0.05, 0) is 49.2 Å². The third-order valence-electron chi connectivity index (χ3n) is 4.73. The normalized spacial score (nSPS) is 10.9. The highest BCUT2D eigenvalue weighted by atomic mass is 35.5. The lowest BCUT2D eigenvalue weighted by Crippen LogP contribution is -2.27. The van der Waals surface area contributed by atoms with Gasteiger partial charge < -0.3 is 9.73 Å². The molecule has 0 bridgehead atoms. The van der Waals surface area contributed by atoms with Gasteiger partial charge in [-0.3, -0.25) is 9.36 Å². The third-order valence-corrected chi connectivity index (χ3v) is 5.91. The van der Waals surface area contributed by atoms with Crippen LogP contribution in [-0.4, -0.2) is 33.0 Å². The highest BCUT2D eigenvalue weighted by molar-refractivity contribution is 7.99. The zero-order valence-electron chi connectivity index (χ0n) is 16.9. The van der Waals surface area contributed by atoms with Crippen molar-refractivity contribution >= 4 is 29.3 Å². The molecule has 0 spiro atoms. The molecule has 0 aliphatic heterocycles. The SMILES string of the molecule is Cc1occc1-c1nnc(SCC(=O)NCCc2ccc(Cl)cc2)n1-c1ccccc1. The Morgan fingerprint density at radius 1 is 1.10 bits per heavy atom. The van der Waals surface area contributed by atoms with E-state index < -0.39 is 0 Å². The number of aromatic nitrogens is 3. The molecule has 0 saturated carbocycles. The van der Waals surface area contributed by atoms with Crippen molar-refractivity contribution in [1.29, 1.82) is 0 Å². The summed E-state index contributed by atoms with van der Waals surface area (Å²) in [5.74, 6) is 1.64. The number of halogens is 1. The van der Waals surface area contributed by atoms with E-state index in [2.05, 4.69) is 15.5 Å². The highest BCUT2D eigenvalue weighted by Gasteiger charge is 2.19. The van der Waals surface area contributed by atoms with E-state index in [9.17, 15) is 4.79 Å². The highest BCUT2D eigenvalue weighted by Crippen LogP contribution is 2.30. The van der Waals surface area contributed by atoms with E-state index in [1.165, 1.54) is 11.8 Å². The zero-order chi connectivity index (χ0) is 21.6. The van der Waals surface area contributed by atoms with E-state index in [0.29, 0.717) is 22.5 Å². The summed E-state index contributed by atoms with van der Waals surface area (Å²) in [4.78, 5) is 12.4. The molecule has 2 aromatic heterocycles. The number of carbonyl (C=O) groups is 1. The minimum absolute atomic E-state index is 0.0531. The van der Waals surface area contributed by atoms with Crippen LogP contribution in [0.2, 0.25) is 5.02 Å². The lowest BCUT2D eigenvalue weighted by molar-refractivity contribution is -0.118. The maximum atomic E-state index is 12.4. The Kier molecular flexibility index (Phi) is 6.74. The number of hydrogen-bond donors (Lipinski definition) is 1. The molecule has 0 aliphatic rings. The molecule has 1 N–H and O–H groups in total. The van der Waals surface area contributed by atoms with E-state index in [1.54, 1.807) is 6.26 Å². The summed E-state index contributed by atoms with van der Waals surface area (Å²) in [6, 6.07) is 19.3. The number of carbonyl (C=O) groups excluding carboxylic acids is 1. The maximum Gasteiger partial charge on any atom is 0.230 e. The molecule has 6 nitrogen and oxygen atoms in total. The average Bonchev–Trinajstić information content (AvgIpc) is 3.40. The number of nitrogens with zero attached hydrogens (tertiary/aromatic N) is 3. The third kappa shape index (κ3) is 5.18. The van der Waals surface area contributed by atoms with Crippen molar-refractivity contribution in [2.75, 3.05) is 12.3 Å². The van der Waals surface area contributed by atoms with Crippen LogP contribution in [0.1, 0.15) is 11.3 Å². The van der Waals surface area contributed by atoms with Crippen molar-refractivity contribution in [2.45, 2.75) is 18.5 Å². The molecule has 0 unspecified atom stereocenters. The van der Waals surface area contributed by atoms with Gasteiger partial charge in [-0.15, -0.1) is 10.2 Å². The van der Waals surface area contributed by atoms with Crippen LogP contribution in [0.4, 0.5) is 0 Å². The van der Waals surface area contributed by atoms with Gasteiger partial charge in [0, 0.05) is 17.3 Å². The van der Waals surface area contributed by atoms with Gasteiger partial charge in [0.15, 0.2) is 11.0 Å². The Morgan fingerprint density at radius 2 is 1.87 bits per heavy atom. The number of amides is 1. The van der Waals surface area contributed by atoms with Gasteiger partial charge in [0.25, 0.3) is 0 Å². The number of aryl methyl sites for hydroxylation is 1. The predicted molar refractivity (Wildman–Crippen MR) is 123 cm³/mol. The predicted octanol–water partition coefficient (Wildman–Crippen LogP) is 4.94. The first kappa shape index (κ1) is 21.2. The van der Waals surface area contributed by atoms with Crippen molar-refractivity contribution in [2.24, 2.45) is 0 Å². The minimum Gasteiger partial charge on any atom is -0.469 e. The van der Waals surface area contributed by atoms with Gasteiger partial charge in [0.1, 0.15) is 5.76 Å². The number of hydrogen-bond acceptors (Lipinski definition) is 5. The molecule has 4 aromatic rings. The van der Waals surface area contributed by atoms with Gasteiger partial charge in [-0.1, -0.05) is 53.7 Å². The summed E-state index contributed by atoms with van der Waals surface area (Å²) in [7, 11) is 0. The largest absolute Gasteiger partial charge is 0.469 e. The van der Waals surface area contributed by atoms with Crippen LogP contribution in [0.15, 0.2) is 76.5 Å². The second-order valence-corrected chi connectivity index (χ2v) is 8.26. The number of rotatable bonds is 8. The molecule has 0 aliphatic carbocycles. The molecule has 31 heavy (non-hydrogen) atoms. The fraction of sp³-hybridized carbons (Fsp3) is 0.174. The summed E-state index contributed by atoms with van der Waals surface area (Å²) in [5, 5.41) is 13.0. The molecule has 0 atom stereocenters. The quantitative estimate of drug-likeness (QED) is 0.383. The summed E-state index contributed by atoms with van der Waals surface area (Å²) in [6.07, 6.45) is 2.38. The van der Waals surface area contributed by atoms with E-state index in [4.69, 9.17) is 16.0 Å². The molecular weight excluding hydrogens is 432 g/mol. The molecule has 158 valence electrons. The van der Waals surface area contributed by atoms with Crippen LogP contribution >= 0.6 is 23.4 Å². The molecule has 0 saturated heterocycles. The van der Waals surface area contributed by atoms with E-state index in [-0.39, 0.29) is 11.7 Å². The molecular formula is C23H21ClN4O2S. The van der Waals surface area contributed by atoms with Gasteiger partial charge in [-0.25, -0.2) is 0 Å². The van der Waals surface area contributed by atoms with Crippen molar-refractivity contribution in [3.63, 3.8) is 0 Å². The van der Waals surface area contributed by atoms with E-state index in [1.807, 2.05) is 72.2 Å². The average molecular weight is 453 g/mol. The zero-order valence-corrected chi connectivity index (χ0v) is 18.5. The van der Waals surface area contributed by atoms with Crippen molar-refractivity contribution in [1.82, 2.24) is 20.1 Å². The minimum atomic E-state index is -0.0531. The molecule has 2 heterocycles. The molecule has 1 amide bonds. The van der Waals surface area contributed by atoms with Crippen molar-refractivity contribution in [3.05, 3.63) is 83.3 Å². The molecule has 0 fully saturated rings. The summed E-state index contributed by atoms with van der Waals surface area (Å²) < 4.78 is 7.39. The number of benzene rings is 2. The smallest absolute Gasteiger partial charge is 0.230 e. The van der Waals surface area contributed by atoms with E-state index in [0.717, 1.165) is 29.0 Å². The number of furan rings is 1. The first-order valence-corrected chi connectivity index (χ1v) is 11.2. The first-order chi connectivity index (χ1) is 15.1. The fourth-order valence-electron chi connectivity index (χ4n) is 3.14. The molecule has 4 rings (SSSR count). The van der Waals surface area contributed by atoms with Gasteiger partial charge >= 0.3 is 0 Å². The first-order valence-electron chi connectivity index (χ1n) is 9.81. The van der Waals surface area contributed by atoms with Crippen LogP contribution in [0.3, 0.4) is 0 Å². The van der Waals surface area contributed by atoms with E-state index >= 15 is 0 Å². The summed E-state index contributed by atoms with van der Waals surface area (Å²) in [5.41, 5.74) is 2.92. The molecule has 2 aromatic carbocycles. The fourth-order valence-corrected chi connectivity index (χ4v) is 4.05. The topological polar surface area (TPSA) is 72.9 Å². The molecule has 8 heteroatoms. The van der Waals surface area contributed by atoms with Gasteiger partial charge in [0.05, 0.1) is 17.6 Å². The van der Waals surface area contributed by atoms with Gasteiger partial charge in [0.2, 0.25) is 5.91 Å². The van der Waals surface area contributed by atoms with Crippen LogP contribution in [0.5, 0.6) is 0 Å². The van der Waals surface area contributed by atoms with Crippen molar-refractivity contribution < 1.29 is 9.21 Å². The lowest BCUT2D eigenvalue weighted by atomic mass is 10.1. The Morgan fingerprint density at radius 3 is 2.58 bits per heavy atom. The Bertz CT molecular complexity index is 1160. The number of para-hydroxylation sites is 1. The lowest BCUT2D eigenvalue weighted by Gasteiger charge is -2.10. The van der Waals surface area contributed by atoms with Crippen LogP contribution in [-0.2, 0) is 11.2 Å². The van der Waals surface area contributed by atoms with Crippen LogP contribution < -0.4 is 5.32 Å². The second kappa shape index (κ2) is 9.85. The van der Waals surface area contributed by atoms with Crippen LogP contribution in [0.25, 0.3) is 17.1 Å².